The minimum absolute atomic E-state index is 0.127. The van der Waals surface area contributed by atoms with Gasteiger partial charge in [0.25, 0.3) is 0 Å². The van der Waals surface area contributed by atoms with Crippen molar-refractivity contribution >= 4 is 59.8 Å². The predicted molar refractivity (Wildman–Crippen MR) is 143 cm³/mol. The molecule has 1 aliphatic carbocycles. The number of aromatic nitrogens is 2. The summed E-state index contributed by atoms with van der Waals surface area (Å²) in [7, 11) is 2.10. The van der Waals surface area contributed by atoms with Gasteiger partial charge in [-0.3, -0.25) is 0 Å². The summed E-state index contributed by atoms with van der Waals surface area (Å²) >= 11 is 0. The van der Waals surface area contributed by atoms with Crippen molar-refractivity contribution in [3.8, 4) is 0 Å². The number of rotatable bonds is 1. The van der Waals surface area contributed by atoms with Gasteiger partial charge in [-0.15, -0.1) is 0 Å². The van der Waals surface area contributed by atoms with E-state index < -0.39 is 0 Å². The summed E-state index contributed by atoms with van der Waals surface area (Å²) in [6, 6.07) is 21.2. The van der Waals surface area contributed by atoms with Crippen LogP contribution in [-0.4, -0.2) is 4.40 Å². The second-order valence-corrected chi connectivity index (χ2v) is 10.5. The third-order valence-electron chi connectivity index (χ3n) is 8.71. The summed E-state index contributed by atoms with van der Waals surface area (Å²) in [6.07, 6.45) is 7.21. The molecule has 1 aliphatic rings. The molecule has 0 saturated heterocycles. The number of para-hydroxylation sites is 1. The van der Waals surface area contributed by atoms with Crippen molar-refractivity contribution in [3.63, 3.8) is 0 Å². The van der Waals surface area contributed by atoms with Crippen molar-refractivity contribution in [1.82, 2.24) is 4.40 Å². The Morgan fingerprint density at radius 1 is 0.829 bits per heavy atom. The molecule has 0 spiro atoms. The fraction of sp³-hybridized carbons (Fsp3) is 0.219. The van der Waals surface area contributed by atoms with Crippen LogP contribution in [0.4, 0.5) is 4.39 Å². The Morgan fingerprint density at radius 3 is 2.34 bits per heavy atom. The van der Waals surface area contributed by atoms with Crippen LogP contribution in [-0.2, 0) is 7.05 Å². The Hall–Kier alpha value is -3.72. The predicted octanol–water partition coefficient (Wildman–Crippen LogP) is 8.07. The zero-order valence-electron chi connectivity index (χ0n) is 20.0. The minimum Gasteiger partial charge on any atom is -0.305 e. The van der Waals surface area contributed by atoms with Crippen molar-refractivity contribution in [2.24, 2.45) is 7.05 Å². The molecule has 1 fully saturated rings. The normalized spacial score (nSPS) is 15.3. The maximum atomic E-state index is 16.6. The van der Waals surface area contributed by atoms with Gasteiger partial charge in [0.15, 0.2) is 12.0 Å². The first-order valence-corrected chi connectivity index (χ1v) is 12.7. The lowest BCUT2D eigenvalue weighted by Gasteiger charge is -2.18. The summed E-state index contributed by atoms with van der Waals surface area (Å²) in [5.74, 6) is 0.443. The van der Waals surface area contributed by atoms with Crippen molar-refractivity contribution in [2.75, 3.05) is 0 Å². The Morgan fingerprint density at radius 2 is 1.54 bits per heavy atom. The smallest absolute Gasteiger partial charge is 0.224 e. The molecule has 0 amide bonds. The highest BCUT2D eigenvalue weighted by molar-refractivity contribution is 6.29. The van der Waals surface area contributed by atoms with E-state index in [-0.39, 0.29) is 5.82 Å². The van der Waals surface area contributed by atoms with Crippen LogP contribution in [0, 0.1) is 12.7 Å². The van der Waals surface area contributed by atoms with E-state index in [2.05, 4.69) is 71.6 Å². The van der Waals surface area contributed by atoms with E-state index in [0.29, 0.717) is 16.8 Å². The molecule has 0 radical (unpaired) electrons. The maximum absolute atomic E-state index is 16.6. The fourth-order valence-electron chi connectivity index (χ4n) is 7.18. The molecule has 1 saturated carbocycles. The fourth-order valence-corrected chi connectivity index (χ4v) is 7.18. The number of pyridine rings is 2. The lowest BCUT2D eigenvalue weighted by atomic mass is 9.89. The summed E-state index contributed by atoms with van der Waals surface area (Å²) in [4.78, 5) is 0. The van der Waals surface area contributed by atoms with Gasteiger partial charge < -0.3 is 4.40 Å². The van der Waals surface area contributed by atoms with Gasteiger partial charge in [0.05, 0.1) is 27.3 Å². The molecule has 7 aromatic rings. The molecular formula is C32H26FN2+. The molecule has 0 unspecified atom stereocenters. The molecule has 2 nitrogen and oxygen atoms in total. The zero-order valence-corrected chi connectivity index (χ0v) is 20.0. The second kappa shape index (κ2) is 6.69. The van der Waals surface area contributed by atoms with Crippen molar-refractivity contribution < 1.29 is 8.96 Å². The van der Waals surface area contributed by atoms with Crippen molar-refractivity contribution in [1.29, 1.82) is 0 Å². The van der Waals surface area contributed by atoms with Gasteiger partial charge in [-0.05, 0) is 59.7 Å². The Bertz CT molecular complexity index is 1990. The summed E-state index contributed by atoms with van der Waals surface area (Å²) in [5, 5.41) is 7.76. The van der Waals surface area contributed by atoms with E-state index in [1.807, 2.05) is 18.2 Å². The Kier molecular flexibility index (Phi) is 3.74. The van der Waals surface area contributed by atoms with Crippen LogP contribution in [0.25, 0.3) is 59.8 Å². The first-order valence-electron chi connectivity index (χ1n) is 12.7. The van der Waals surface area contributed by atoms with Crippen LogP contribution in [0.5, 0.6) is 0 Å². The van der Waals surface area contributed by atoms with Crippen LogP contribution in [0.15, 0.2) is 66.9 Å². The third-order valence-corrected chi connectivity index (χ3v) is 8.71. The van der Waals surface area contributed by atoms with E-state index in [1.54, 1.807) is 0 Å². The number of halogens is 1. The SMILES string of the molecule is Cc1c2ccccc2c(F)c2c1c1c3c(cc[n+]1C)cc(C1CCCC1)c1c4ccccc4n2c13. The van der Waals surface area contributed by atoms with E-state index in [4.69, 9.17) is 0 Å². The maximum Gasteiger partial charge on any atom is 0.224 e. The number of aryl methyl sites for hydroxylation is 2. The van der Waals surface area contributed by atoms with Gasteiger partial charge in [-0.1, -0.05) is 55.3 Å². The van der Waals surface area contributed by atoms with Crippen LogP contribution in [0.3, 0.4) is 0 Å². The first kappa shape index (κ1) is 19.6. The van der Waals surface area contributed by atoms with E-state index in [1.165, 1.54) is 58.3 Å². The molecule has 3 heteroatoms. The van der Waals surface area contributed by atoms with Gasteiger partial charge in [-0.2, -0.15) is 0 Å². The number of nitrogens with zero attached hydrogens (tertiary/aromatic N) is 2. The van der Waals surface area contributed by atoms with E-state index >= 15 is 4.39 Å². The quantitative estimate of drug-likeness (QED) is 0.134. The monoisotopic (exact) mass is 457 g/mol. The third kappa shape index (κ3) is 2.31. The number of hydrogen-bond acceptors (Lipinski definition) is 0. The molecule has 35 heavy (non-hydrogen) atoms. The van der Waals surface area contributed by atoms with Crippen LogP contribution < -0.4 is 4.57 Å². The van der Waals surface area contributed by atoms with Crippen LogP contribution in [0.2, 0.25) is 0 Å². The van der Waals surface area contributed by atoms with Crippen molar-refractivity contribution in [3.05, 3.63) is 83.8 Å². The van der Waals surface area contributed by atoms with E-state index in [9.17, 15) is 0 Å². The highest BCUT2D eigenvalue weighted by Gasteiger charge is 2.30. The Balaban J connectivity index is 1.79. The van der Waals surface area contributed by atoms with Gasteiger partial charge >= 0.3 is 0 Å². The highest BCUT2D eigenvalue weighted by Crippen LogP contribution is 2.48. The van der Waals surface area contributed by atoms with Crippen LogP contribution in [0.1, 0.15) is 42.7 Å². The van der Waals surface area contributed by atoms with Gasteiger partial charge in [0.1, 0.15) is 7.05 Å². The molecule has 0 bridgehead atoms. The molecule has 3 heterocycles. The number of benzene rings is 4. The minimum atomic E-state index is -0.127. The van der Waals surface area contributed by atoms with Gasteiger partial charge in [-0.25, -0.2) is 8.96 Å². The molecule has 170 valence electrons. The molecule has 0 N–H and O–H groups in total. The average molecular weight is 458 g/mol. The lowest BCUT2D eigenvalue weighted by molar-refractivity contribution is -0.643. The second-order valence-electron chi connectivity index (χ2n) is 10.5. The molecular weight excluding hydrogens is 431 g/mol. The molecule has 8 rings (SSSR count). The first-order chi connectivity index (χ1) is 17.1. The molecule has 3 aromatic heterocycles. The molecule has 4 aromatic carbocycles. The molecule has 0 atom stereocenters. The zero-order chi connectivity index (χ0) is 23.4. The van der Waals surface area contributed by atoms with Gasteiger partial charge in [0.2, 0.25) is 5.52 Å². The standard InChI is InChI=1S/C32H26FN2/c1-18-21-11-5-6-12-22(21)29(33)32-26(18)30-27-20(15-16-34(30)2)17-24(19-9-3-4-10-19)28-23-13-7-8-14-25(23)35(32)31(27)28/h5-8,11-17,19H,3-4,9-10H2,1-2H3/q+1. The summed E-state index contributed by atoms with van der Waals surface area (Å²) < 4.78 is 21.1. The topological polar surface area (TPSA) is 8.29 Å². The molecule has 0 aliphatic heterocycles. The van der Waals surface area contributed by atoms with Crippen molar-refractivity contribution in [2.45, 2.75) is 38.5 Å². The number of fused-ring (bicyclic) bond motifs is 7. The lowest BCUT2D eigenvalue weighted by Crippen LogP contribution is -2.29. The largest absolute Gasteiger partial charge is 0.305 e. The number of hydrogen-bond donors (Lipinski definition) is 0. The highest BCUT2D eigenvalue weighted by atomic mass is 19.1. The average Bonchev–Trinajstić information content (AvgIpc) is 3.54. The van der Waals surface area contributed by atoms with E-state index in [0.717, 1.165) is 27.4 Å². The van der Waals surface area contributed by atoms with Gasteiger partial charge in [0, 0.05) is 22.2 Å². The van der Waals surface area contributed by atoms with Crippen LogP contribution >= 0.6 is 0 Å². The summed E-state index contributed by atoms with van der Waals surface area (Å²) in [6.45, 7) is 2.15. The summed E-state index contributed by atoms with van der Waals surface area (Å²) in [5.41, 5.74) is 6.68. The Labute approximate surface area is 202 Å².